The number of hydrogen-bond acceptors (Lipinski definition) is 3. The van der Waals surface area contributed by atoms with Crippen molar-refractivity contribution < 1.29 is 0 Å². The predicted molar refractivity (Wildman–Crippen MR) is 86.5 cm³/mol. The lowest BCUT2D eigenvalue weighted by Crippen LogP contribution is -2.59. The Hall–Kier alpha value is -1.22. The van der Waals surface area contributed by atoms with Crippen molar-refractivity contribution in [2.75, 3.05) is 36.5 Å². The lowest BCUT2D eigenvalue weighted by atomic mass is 9.75. The summed E-state index contributed by atoms with van der Waals surface area (Å²) >= 11 is 0. The van der Waals surface area contributed by atoms with Gasteiger partial charge in [-0.3, -0.25) is 0 Å². The van der Waals surface area contributed by atoms with Crippen molar-refractivity contribution in [2.45, 2.75) is 38.1 Å². The van der Waals surface area contributed by atoms with Gasteiger partial charge < -0.3 is 15.5 Å². The molecule has 0 amide bonds. The molecule has 1 aliphatic heterocycles. The first-order chi connectivity index (χ1) is 9.66. The standard InChI is InChI=1S/C17H27N3/c1-14-7-9-17(13-18,10-8-14)20-12-11-19(2)15-5-3-4-6-16(15)20/h3-6,14H,7-13,18H2,1-2H3. The van der Waals surface area contributed by atoms with E-state index in [0.29, 0.717) is 0 Å². The summed E-state index contributed by atoms with van der Waals surface area (Å²) in [5.74, 6) is 0.859. The lowest BCUT2D eigenvalue weighted by Gasteiger charge is -2.52. The first-order valence-electron chi connectivity index (χ1n) is 7.94. The van der Waals surface area contributed by atoms with Crippen LogP contribution in [0, 0.1) is 5.92 Å². The van der Waals surface area contributed by atoms with Gasteiger partial charge in [-0.1, -0.05) is 19.1 Å². The molecule has 0 bridgehead atoms. The van der Waals surface area contributed by atoms with Crippen LogP contribution in [-0.4, -0.2) is 32.2 Å². The van der Waals surface area contributed by atoms with Gasteiger partial charge in [0.2, 0.25) is 0 Å². The third-order valence-electron chi connectivity index (χ3n) is 5.40. The van der Waals surface area contributed by atoms with Crippen molar-refractivity contribution in [3.8, 4) is 0 Å². The third kappa shape index (κ3) is 2.18. The Bertz CT molecular complexity index is 463. The van der Waals surface area contributed by atoms with Crippen LogP contribution in [0.15, 0.2) is 24.3 Å². The van der Waals surface area contributed by atoms with Crippen molar-refractivity contribution in [3.63, 3.8) is 0 Å². The molecular formula is C17H27N3. The minimum Gasteiger partial charge on any atom is -0.371 e. The van der Waals surface area contributed by atoms with Gasteiger partial charge >= 0.3 is 0 Å². The van der Waals surface area contributed by atoms with E-state index in [1.54, 1.807) is 0 Å². The molecular weight excluding hydrogens is 246 g/mol. The minimum atomic E-state index is 0.184. The summed E-state index contributed by atoms with van der Waals surface area (Å²) in [5, 5.41) is 0. The van der Waals surface area contributed by atoms with Crippen LogP contribution in [0.2, 0.25) is 0 Å². The average Bonchev–Trinajstić information content (AvgIpc) is 2.50. The smallest absolute Gasteiger partial charge is 0.0609 e. The molecule has 2 aliphatic rings. The minimum absolute atomic E-state index is 0.184. The second-order valence-corrected chi connectivity index (χ2v) is 6.67. The first-order valence-corrected chi connectivity index (χ1v) is 7.94. The quantitative estimate of drug-likeness (QED) is 0.899. The normalized spacial score (nSPS) is 30.2. The van der Waals surface area contributed by atoms with Crippen LogP contribution in [0.4, 0.5) is 11.4 Å². The Morgan fingerprint density at radius 3 is 2.45 bits per heavy atom. The zero-order chi connectivity index (χ0) is 14.2. The molecule has 0 atom stereocenters. The Labute approximate surface area is 122 Å². The molecule has 3 nitrogen and oxygen atoms in total. The number of para-hydroxylation sites is 2. The zero-order valence-electron chi connectivity index (χ0n) is 12.8. The maximum atomic E-state index is 6.25. The number of hydrogen-bond donors (Lipinski definition) is 1. The molecule has 1 fully saturated rings. The number of nitrogens with two attached hydrogens (primary N) is 1. The van der Waals surface area contributed by atoms with Gasteiger partial charge in [-0.15, -0.1) is 0 Å². The predicted octanol–water partition coefficient (Wildman–Crippen LogP) is 2.85. The maximum Gasteiger partial charge on any atom is 0.0609 e. The number of benzene rings is 1. The Morgan fingerprint density at radius 1 is 1.15 bits per heavy atom. The number of nitrogens with zero attached hydrogens (tertiary/aromatic N) is 2. The molecule has 0 aromatic heterocycles. The maximum absolute atomic E-state index is 6.25. The largest absolute Gasteiger partial charge is 0.371 e. The summed E-state index contributed by atoms with van der Waals surface area (Å²) < 4.78 is 0. The Balaban J connectivity index is 1.95. The molecule has 110 valence electrons. The van der Waals surface area contributed by atoms with Crippen LogP contribution in [0.5, 0.6) is 0 Å². The molecule has 20 heavy (non-hydrogen) atoms. The van der Waals surface area contributed by atoms with Gasteiger partial charge in [-0.2, -0.15) is 0 Å². The molecule has 0 spiro atoms. The highest BCUT2D eigenvalue weighted by Gasteiger charge is 2.40. The molecule has 0 saturated heterocycles. The summed E-state index contributed by atoms with van der Waals surface area (Å²) in [7, 11) is 2.19. The van der Waals surface area contributed by atoms with Gasteiger partial charge in [0, 0.05) is 26.7 Å². The zero-order valence-corrected chi connectivity index (χ0v) is 12.8. The fourth-order valence-electron chi connectivity index (χ4n) is 3.88. The SMILES string of the molecule is CC1CCC(CN)(N2CCN(C)c3ccccc32)CC1. The van der Waals surface area contributed by atoms with E-state index in [4.69, 9.17) is 5.73 Å². The van der Waals surface area contributed by atoms with Crippen LogP contribution in [0.25, 0.3) is 0 Å². The molecule has 2 N–H and O–H groups in total. The second kappa shape index (κ2) is 5.28. The Morgan fingerprint density at radius 2 is 1.80 bits per heavy atom. The van der Waals surface area contributed by atoms with E-state index in [9.17, 15) is 0 Å². The van der Waals surface area contributed by atoms with Crippen LogP contribution in [0.3, 0.4) is 0 Å². The third-order valence-corrected chi connectivity index (χ3v) is 5.40. The van der Waals surface area contributed by atoms with E-state index in [1.165, 1.54) is 37.1 Å². The summed E-state index contributed by atoms with van der Waals surface area (Å²) in [6.45, 7) is 5.34. The number of likely N-dealkylation sites (N-methyl/N-ethyl adjacent to an activating group) is 1. The lowest BCUT2D eigenvalue weighted by molar-refractivity contribution is 0.235. The second-order valence-electron chi connectivity index (χ2n) is 6.67. The van der Waals surface area contributed by atoms with Gasteiger partial charge in [0.05, 0.1) is 16.9 Å². The molecule has 1 heterocycles. The topological polar surface area (TPSA) is 32.5 Å². The van der Waals surface area contributed by atoms with Gasteiger partial charge in [0.15, 0.2) is 0 Å². The van der Waals surface area contributed by atoms with Gasteiger partial charge in [-0.25, -0.2) is 0 Å². The van der Waals surface area contributed by atoms with Crippen LogP contribution < -0.4 is 15.5 Å². The summed E-state index contributed by atoms with van der Waals surface area (Å²) in [6.07, 6.45) is 5.10. The molecule has 3 heteroatoms. The molecule has 0 radical (unpaired) electrons. The van der Waals surface area contributed by atoms with E-state index >= 15 is 0 Å². The summed E-state index contributed by atoms with van der Waals surface area (Å²) in [5.41, 5.74) is 9.16. The highest BCUT2D eigenvalue weighted by Crippen LogP contribution is 2.42. The van der Waals surface area contributed by atoms with E-state index < -0.39 is 0 Å². The van der Waals surface area contributed by atoms with Crippen molar-refractivity contribution >= 4 is 11.4 Å². The summed E-state index contributed by atoms with van der Waals surface area (Å²) in [6, 6.07) is 8.79. The fraction of sp³-hybridized carbons (Fsp3) is 0.647. The average molecular weight is 273 g/mol. The van der Waals surface area contributed by atoms with E-state index in [2.05, 4.69) is 48.0 Å². The van der Waals surface area contributed by atoms with Crippen LogP contribution in [-0.2, 0) is 0 Å². The van der Waals surface area contributed by atoms with Crippen LogP contribution in [0.1, 0.15) is 32.6 Å². The Kier molecular flexibility index (Phi) is 3.63. The van der Waals surface area contributed by atoms with Crippen molar-refractivity contribution in [1.29, 1.82) is 0 Å². The number of anilines is 2. The molecule has 1 aromatic carbocycles. The van der Waals surface area contributed by atoms with Gasteiger partial charge in [-0.05, 0) is 43.7 Å². The van der Waals surface area contributed by atoms with Crippen molar-refractivity contribution in [1.82, 2.24) is 0 Å². The first kappa shape index (κ1) is 13.7. The molecule has 0 unspecified atom stereocenters. The number of fused-ring (bicyclic) bond motifs is 1. The van der Waals surface area contributed by atoms with E-state index in [1.807, 2.05) is 0 Å². The molecule has 1 aromatic rings. The van der Waals surface area contributed by atoms with Gasteiger partial charge in [0.25, 0.3) is 0 Å². The fourth-order valence-corrected chi connectivity index (χ4v) is 3.88. The highest BCUT2D eigenvalue weighted by molar-refractivity contribution is 5.74. The van der Waals surface area contributed by atoms with E-state index in [0.717, 1.165) is 25.6 Å². The molecule has 1 saturated carbocycles. The molecule has 3 rings (SSSR count). The van der Waals surface area contributed by atoms with Crippen LogP contribution >= 0.6 is 0 Å². The van der Waals surface area contributed by atoms with Gasteiger partial charge in [0.1, 0.15) is 0 Å². The monoisotopic (exact) mass is 273 g/mol. The van der Waals surface area contributed by atoms with Crippen molar-refractivity contribution in [2.24, 2.45) is 11.7 Å². The number of rotatable bonds is 2. The summed E-state index contributed by atoms with van der Waals surface area (Å²) in [4.78, 5) is 4.98. The molecule has 1 aliphatic carbocycles. The highest BCUT2D eigenvalue weighted by atomic mass is 15.3. The van der Waals surface area contributed by atoms with Crippen molar-refractivity contribution in [3.05, 3.63) is 24.3 Å². The van der Waals surface area contributed by atoms with E-state index in [-0.39, 0.29) is 5.54 Å².